The van der Waals surface area contributed by atoms with Gasteiger partial charge in [-0.25, -0.2) is 4.39 Å². The average Bonchev–Trinajstić information content (AvgIpc) is 2.29. The molecule has 1 aliphatic rings. The molecule has 1 saturated heterocycles. The van der Waals surface area contributed by atoms with E-state index in [1.807, 2.05) is 6.92 Å². The van der Waals surface area contributed by atoms with Crippen molar-refractivity contribution in [3.8, 4) is 6.07 Å². The molecule has 0 radical (unpaired) electrons. The van der Waals surface area contributed by atoms with Crippen molar-refractivity contribution in [2.24, 2.45) is 0 Å². The second-order valence-electron chi connectivity index (χ2n) is 4.46. The molecule has 1 aromatic rings. The van der Waals surface area contributed by atoms with E-state index in [-0.39, 0.29) is 11.9 Å². The Bertz CT molecular complexity index is 443. The Labute approximate surface area is 100 Å². The third-order valence-electron chi connectivity index (χ3n) is 2.99. The summed E-state index contributed by atoms with van der Waals surface area (Å²) in [5.41, 5.74) is -0.00787. The summed E-state index contributed by atoms with van der Waals surface area (Å²) in [5.74, 6) is -0.303. The summed E-state index contributed by atoms with van der Waals surface area (Å²) in [6, 6.07) is 8.49. The topological polar surface area (TPSA) is 45.0 Å². The Kier molecular flexibility index (Phi) is 3.30. The average molecular weight is 234 g/mol. The standard InChI is InChI=1S/C13H15FN2O/c1-10-8-13(9-15,5-6-17-10)16-12-4-2-3-11(14)7-12/h2-4,7,10,16H,5-6,8H2,1H3. The maximum absolute atomic E-state index is 13.1. The molecule has 17 heavy (non-hydrogen) atoms. The van der Waals surface area contributed by atoms with Crippen LogP contribution in [0.4, 0.5) is 10.1 Å². The van der Waals surface area contributed by atoms with Crippen LogP contribution in [0.1, 0.15) is 19.8 Å². The van der Waals surface area contributed by atoms with Gasteiger partial charge in [-0.3, -0.25) is 0 Å². The van der Waals surface area contributed by atoms with E-state index in [2.05, 4.69) is 11.4 Å². The van der Waals surface area contributed by atoms with Crippen molar-refractivity contribution in [1.82, 2.24) is 0 Å². The second-order valence-corrected chi connectivity index (χ2v) is 4.46. The van der Waals surface area contributed by atoms with Crippen LogP contribution >= 0.6 is 0 Å². The fourth-order valence-electron chi connectivity index (χ4n) is 2.17. The third-order valence-corrected chi connectivity index (χ3v) is 2.99. The fraction of sp³-hybridized carbons (Fsp3) is 0.462. The van der Waals surface area contributed by atoms with E-state index < -0.39 is 5.54 Å². The van der Waals surface area contributed by atoms with Crippen LogP contribution in [0.15, 0.2) is 24.3 Å². The zero-order valence-corrected chi connectivity index (χ0v) is 9.74. The largest absolute Gasteiger partial charge is 0.378 e. The van der Waals surface area contributed by atoms with Crippen LogP contribution in [-0.4, -0.2) is 18.2 Å². The summed E-state index contributed by atoms with van der Waals surface area (Å²) >= 11 is 0. The number of benzene rings is 1. The van der Waals surface area contributed by atoms with E-state index in [1.165, 1.54) is 12.1 Å². The molecule has 4 heteroatoms. The lowest BCUT2D eigenvalue weighted by atomic mass is 9.88. The Hall–Kier alpha value is -1.60. The minimum atomic E-state index is -0.647. The molecule has 0 saturated carbocycles. The highest BCUT2D eigenvalue weighted by atomic mass is 19.1. The molecule has 0 aromatic heterocycles. The van der Waals surface area contributed by atoms with Gasteiger partial charge < -0.3 is 10.1 Å². The second kappa shape index (κ2) is 4.72. The van der Waals surface area contributed by atoms with Gasteiger partial charge in [-0.1, -0.05) is 6.07 Å². The molecule has 3 nitrogen and oxygen atoms in total. The van der Waals surface area contributed by atoms with Gasteiger partial charge in [-0.05, 0) is 25.1 Å². The number of halogens is 1. The lowest BCUT2D eigenvalue weighted by molar-refractivity contribution is 0.0103. The Morgan fingerprint density at radius 1 is 1.59 bits per heavy atom. The third kappa shape index (κ3) is 2.75. The van der Waals surface area contributed by atoms with Crippen LogP contribution in [0.3, 0.4) is 0 Å². The van der Waals surface area contributed by atoms with E-state index in [4.69, 9.17) is 4.74 Å². The summed E-state index contributed by atoms with van der Waals surface area (Å²) in [5, 5.41) is 12.5. The molecule has 1 aromatic carbocycles. The van der Waals surface area contributed by atoms with Crippen LogP contribution in [0.5, 0.6) is 0 Å². The Balaban J connectivity index is 2.17. The predicted molar refractivity (Wildman–Crippen MR) is 63.0 cm³/mol. The monoisotopic (exact) mass is 234 g/mol. The molecule has 1 fully saturated rings. The molecule has 2 atom stereocenters. The smallest absolute Gasteiger partial charge is 0.130 e. The normalized spacial score (nSPS) is 28.4. The van der Waals surface area contributed by atoms with Gasteiger partial charge in [-0.2, -0.15) is 5.26 Å². The van der Waals surface area contributed by atoms with Crippen molar-refractivity contribution in [2.75, 3.05) is 11.9 Å². The highest BCUT2D eigenvalue weighted by molar-refractivity contribution is 5.48. The SMILES string of the molecule is CC1CC(C#N)(Nc2cccc(F)c2)CCO1. The minimum Gasteiger partial charge on any atom is -0.378 e. The van der Waals surface area contributed by atoms with Gasteiger partial charge in [0.1, 0.15) is 11.4 Å². The first-order valence-electron chi connectivity index (χ1n) is 5.70. The van der Waals surface area contributed by atoms with E-state index >= 15 is 0 Å². The van der Waals surface area contributed by atoms with Crippen LogP contribution in [0, 0.1) is 17.1 Å². The number of rotatable bonds is 2. The van der Waals surface area contributed by atoms with Crippen molar-refractivity contribution < 1.29 is 9.13 Å². The molecule has 0 amide bonds. The molecule has 0 bridgehead atoms. The summed E-state index contributed by atoms with van der Waals surface area (Å²) in [7, 11) is 0. The molecule has 0 spiro atoms. The summed E-state index contributed by atoms with van der Waals surface area (Å²) in [4.78, 5) is 0. The summed E-state index contributed by atoms with van der Waals surface area (Å²) < 4.78 is 18.5. The molecule has 1 N–H and O–H groups in total. The number of nitrogens with zero attached hydrogens (tertiary/aromatic N) is 1. The van der Waals surface area contributed by atoms with E-state index in [9.17, 15) is 9.65 Å². The summed E-state index contributed by atoms with van der Waals surface area (Å²) in [6.45, 7) is 2.50. The Morgan fingerprint density at radius 2 is 2.41 bits per heavy atom. The van der Waals surface area contributed by atoms with Gasteiger partial charge in [0.05, 0.1) is 18.8 Å². The lowest BCUT2D eigenvalue weighted by Gasteiger charge is -2.35. The van der Waals surface area contributed by atoms with Crippen LogP contribution in [-0.2, 0) is 4.74 Å². The first-order valence-corrected chi connectivity index (χ1v) is 5.70. The highest BCUT2D eigenvalue weighted by Gasteiger charge is 2.35. The molecule has 2 rings (SSSR count). The van der Waals surface area contributed by atoms with Crippen LogP contribution in [0.2, 0.25) is 0 Å². The lowest BCUT2D eigenvalue weighted by Crippen LogP contribution is -2.45. The molecular formula is C13H15FN2O. The Morgan fingerprint density at radius 3 is 3.06 bits per heavy atom. The number of ether oxygens (including phenoxy) is 1. The van der Waals surface area contributed by atoms with E-state index in [0.717, 1.165) is 0 Å². The van der Waals surface area contributed by atoms with Crippen molar-refractivity contribution >= 4 is 5.69 Å². The van der Waals surface area contributed by atoms with Crippen molar-refractivity contribution in [3.63, 3.8) is 0 Å². The quantitative estimate of drug-likeness (QED) is 0.855. The molecular weight excluding hydrogens is 219 g/mol. The number of hydrogen-bond donors (Lipinski definition) is 1. The van der Waals surface area contributed by atoms with Crippen molar-refractivity contribution in [1.29, 1.82) is 5.26 Å². The maximum Gasteiger partial charge on any atom is 0.130 e. The van der Waals surface area contributed by atoms with Gasteiger partial charge >= 0.3 is 0 Å². The molecule has 2 unspecified atom stereocenters. The first kappa shape index (κ1) is 11.9. The zero-order chi connectivity index (χ0) is 12.3. The van der Waals surface area contributed by atoms with E-state index in [0.29, 0.717) is 25.1 Å². The van der Waals surface area contributed by atoms with Crippen molar-refractivity contribution in [2.45, 2.75) is 31.4 Å². The van der Waals surface area contributed by atoms with Gasteiger partial charge in [0.15, 0.2) is 0 Å². The van der Waals surface area contributed by atoms with Gasteiger partial charge in [-0.15, -0.1) is 0 Å². The van der Waals surface area contributed by atoms with E-state index in [1.54, 1.807) is 12.1 Å². The molecule has 0 aliphatic carbocycles. The maximum atomic E-state index is 13.1. The van der Waals surface area contributed by atoms with Crippen molar-refractivity contribution in [3.05, 3.63) is 30.1 Å². The first-order chi connectivity index (χ1) is 8.13. The predicted octanol–water partition coefficient (Wildman–Crippen LogP) is 2.70. The van der Waals surface area contributed by atoms with Gasteiger partial charge in [0.2, 0.25) is 0 Å². The summed E-state index contributed by atoms with van der Waals surface area (Å²) in [6.07, 6.45) is 1.27. The number of anilines is 1. The number of hydrogen-bond acceptors (Lipinski definition) is 3. The zero-order valence-electron chi connectivity index (χ0n) is 9.74. The minimum absolute atomic E-state index is 0.0458. The molecule has 1 heterocycles. The number of nitrogens with one attached hydrogen (secondary N) is 1. The van der Waals surface area contributed by atoms with Crippen LogP contribution < -0.4 is 5.32 Å². The highest BCUT2D eigenvalue weighted by Crippen LogP contribution is 2.28. The molecule has 90 valence electrons. The van der Waals surface area contributed by atoms with Crippen LogP contribution in [0.25, 0.3) is 0 Å². The van der Waals surface area contributed by atoms with Gasteiger partial charge in [0, 0.05) is 18.5 Å². The fourth-order valence-corrected chi connectivity index (χ4v) is 2.17. The molecule has 1 aliphatic heterocycles. The van der Waals surface area contributed by atoms with Gasteiger partial charge in [0.25, 0.3) is 0 Å². The number of nitriles is 1.